The Morgan fingerprint density at radius 1 is 1.41 bits per heavy atom. The van der Waals surface area contributed by atoms with Crippen LogP contribution in [0, 0.1) is 5.41 Å². The van der Waals surface area contributed by atoms with Crippen molar-refractivity contribution >= 4 is 12.1 Å². The van der Waals surface area contributed by atoms with Crippen LogP contribution in [0.1, 0.15) is 40.0 Å². The lowest BCUT2D eigenvalue weighted by Gasteiger charge is -2.46. The highest BCUT2D eigenvalue weighted by Crippen LogP contribution is 2.46. The number of rotatable bonds is 2. The maximum absolute atomic E-state index is 11.5. The number of amides is 1. The predicted octanol–water partition coefficient (Wildman–Crippen LogP) is 2.11. The smallest absolute Gasteiger partial charge is 0.407 e. The van der Waals surface area contributed by atoms with Crippen LogP contribution in [0.25, 0.3) is 0 Å². The first-order valence-corrected chi connectivity index (χ1v) is 5.82. The Bertz CT molecular complexity index is 321. The fraction of sp³-hybridized carbons (Fsp3) is 0.833. The second kappa shape index (κ2) is 4.55. The summed E-state index contributed by atoms with van der Waals surface area (Å²) in [5, 5.41) is 9.27. The SMILES string of the molecule is COC(=O)C[C@]1(C(C)(C)C)CCCN1C(=O)O. The van der Waals surface area contributed by atoms with Gasteiger partial charge in [-0.05, 0) is 18.3 Å². The Kier molecular flexibility index (Phi) is 3.69. The van der Waals surface area contributed by atoms with Crippen LogP contribution in [0.5, 0.6) is 0 Å². The van der Waals surface area contributed by atoms with Gasteiger partial charge in [0.1, 0.15) is 0 Å². The summed E-state index contributed by atoms with van der Waals surface area (Å²) in [5.41, 5.74) is -0.942. The highest BCUT2D eigenvalue weighted by Gasteiger charge is 2.53. The first kappa shape index (κ1) is 13.8. The van der Waals surface area contributed by atoms with Crippen molar-refractivity contribution in [2.75, 3.05) is 13.7 Å². The minimum Gasteiger partial charge on any atom is -0.469 e. The predicted molar refractivity (Wildman–Crippen MR) is 62.8 cm³/mol. The molecule has 0 bridgehead atoms. The highest BCUT2D eigenvalue weighted by molar-refractivity contribution is 5.74. The first-order valence-electron chi connectivity index (χ1n) is 5.82. The van der Waals surface area contributed by atoms with Crippen LogP contribution < -0.4 is 0 Å². The van der Waals surface area contributed by atoms with E-state index in [0.717, 1.165) is 6.42 Å². The molecule has 1 aliphatic heterocycles. The lowest BCUT2D eigenvalue weighted by atomic mass is 9.70. The van der Waals surface area contributed by atoms with Gasteiger partial charge in [-0.1, -0.05) is 20.8 Å². The molecule has 0 radical (unpaired) electrons. The summed E-state index contributed by atoms with van der Waals surface area (Å²) in [6, 6.07) is 0. The van der Waals surface area contributed by atoms with Gasteiger partial charge >= 0.3 is 12.1 Å². The number of hydrogen-bond acceptors (Lipinski definition) is 3. The Hall–Kier alpha value is -1.26. The second-order valence-electron chi connectivity index (χ2n) is 5.57. The molecule has 98 valence electrons. The summed E-state index contributed by atoms with van der Waals surface area (Å²) < 4.78 is 4.70. The molecular weight excluding hydrogens is 222 g/mol. The first-order chi connectivity index (χ1) is 7.74. The molecule has 1 saturated heterocycles. The van der Waals surface area contributed by atoms with E-state index in [2.05, 4.69) is 0 Å². The quantitative estimate of drug-likeness (QED) is 0.754. The molecule has 1 amide bonds. The Morgan fingerprint density at radius 2 is 2.00 bits per heavy atom. The molecule has 17 heavy (non-hydrogen) atoms. The van der Waals surface area contributed by atoms with E-state index in [1.54, 1.807) is 0 Å². The minimum absolute atomic E-state index is 0.124. The maximum atomic E-state index is 11.5. The molecule has 0 spiro atoms. The molecule has 1 fully saturated rings. The third-order valence-corrected chi connectivity index (χ3v) is 3.78. The molecule has 0 aromatic rings. The third-order valence-electron chi connectivity index (χ3n) is 3.78. The molecule has 0 unspecified atom stereocenters. The van der Waals surface area contributed by atoms with Crippen LogP contribution in [0.2, 0.25) is 0 Å². The lowest BCUT2D eigenvalue weighted by Crippen LogP contribution is -2.56. The van der Waals surface area contributed by atoms with Crippen molar-refractivity contribution in [2.24, 2.45) is 5.41 Å². The molecule has 1 rings (SSSR count). The van der Waals surface area contributed by atoms with Crippen LogP contribution in [-0.2, 0) is 9.53 Å². The van der Waals surface area contributed by atoms with Gasteiger partial charge in [-0.25, -0.2) is 4.79 Å². The van der Waals surface area contributed by atoms with Crippen LogP contribution in [0.3, 0.4) is 0 Å². The zero-order valence-electron chi connectivity index (χ0n) is 10.9. The summed E-state index contributed by atoms with van der Waals surface area (Å²) in [6.45, 7) is 6.40. The standard InChI is InChI=1S/C12H21NO4/c1-11(2,3)12(8-9(14)17-4)6-5-7-13(12)10(15)16/h5-8H2,1-4H3,(H,15,16)/t12-/m0/s1. The molecule has 1 aliphatic rings. The average molecular weight is 243 g/mol. The number of carbonyl (C=O) groups excluding carboxylic acids is 1. The molecule has 0 aromatic heterocycles. The van der Waals surface area contributed by atoms with Crippen LogP contribution in [0.4, 0.5) is 4.79 Å². The molecular formula is C12H21NO4. The number of carboxylic acid groups (broad SMARTS) is 1. The fourth-order valence-electron chi connectivity index (χ4n) is 2.70. The second-order valence-corrected chi connectivity index (χ2v) is 5.57. The molecule has 0 aliphatic carbocycles. The van der Waals surface area contributed by atoms with E-state index in [0.29, 0.717) is 13.0 Å². The van der Waals surface area contributed by atoms with Gasteiger partial charge in [0, 0.05) is 6.54 Å². The van der Waals surface area contributed by atoms with Crippen molar-refractivity contribution < 1.29 is 19.4 Å². The highest BCUT2D eigenvalue weighted by atomic mass is 16.5. The maximum Gasteiger partial charge on any atom is 0.407 e. The normalized spacial score (nSPS) is 24.8. The molecule has 0 aromatic carbocycles. The summed E-state index contributed by atoms with van der Waals surface area (Å²) in [5.74, 6) is -0.354. The minimum atomic E-state index is -0.957. The van der Waals surface area contributed by atoms with Gasteiger partial charge in [0.05, 0.1) is 19.1 Å². The number of esters is 1. The van der Waals surface area contributed by atoms with E-state index in [4.69, 9.17) is 4.74 Å². The summed E-state index contributed by atoms with van der Waals surface area (Å²) >= 11 is 0. The van der Waals surface area contributed by atoms with E-state index in [9.17, 15) is 14.7 Å². The number of carbonyl (C=O) groups is 2. The van der Waals surface area contributed by atoms with Crippen molar-refractivity contribution in [3.8, 4) is 0 Å². The van der Waals surface area contributed by atoms with Gasteiger partial charge in [0.15, 0.2) is 0 Å². The molecule has 0 saturated carbocycles. The topological polar surface area (TPSA) is 66.8 Å². The molecule has 5 heteroatoms. The summed E-state index contributed by atoms with van der Waals surface area (Å²) in [4.78, 5) is 24.3. The number of hydrogen-bond donors (Lipinski definition) is 1. The van der Waals surface area contributed by atoms with Crippen molar-refractivity contribution in [1.29, 1.82) is 0 Å². The van der Waals surface area contributed by atoms with Crippen LogP contribution >= 0.6 is 0 Å². The fourth-order valence-corrected chi connectivity index (χ4v) is 2.70. The lowest BCUT2D eigenvalue weighted by molar-refractivity contribution is -0.145. The van der Waals surface area contributed by atoms with Gasteiger partial charge in [-0.2, -0.15) is 0 Å². The summed E-state index contributed by atoms with van der Waals surface area (Å²) in [6.07, 6.45) is 0.666. The number of likely N-dealkylation sites (tertiary alicyclic amines) is 1. The van der Waals surface area contributed by atoms with E-state index in [1.807, 2.05) is 20.8 Å². The van der Waals surface area contributed by atoms with E-state index in [-0.39, 0.29) is 17.8 Å². The molecule has 1 atom stereocenters. The molecule has 1 heterocycles. The zero-order chi connectivity index (χ0) is 13.3. The van der Waals surface area contributed by atoms with E-state index in [1.165, 1.54) is 12.0 Å². The Balaban J connectivity index is 3.10. The third kappa shape index (κ3) is 2.37. The van der Waals surface area contributed by atoms with Gasteiger partial charge < -0.3 is 14.7 Å². The number of ether oxygens (including phenoxy) is 1. The largest absolute Gasteiger partial charge is 0.469 e. The van der Waals surface area contributed by atoms with E-state index < -0.39 is 11.6 Å². The van der Waals surface area contributed by atoms with Crippen molar-refractivity contribution in [1.82, 2.24) is 4.90 Å². The molecule has 5 nitrogen and oxygen atoms in total. The Labute approximate surface area is 102 Å². The monoisotopic (exact) mass is 243 g/mol. The molecule has 1 N–H and O–H groups in total. The van der Waals surface area contributed by atoms with Crippen LogP contribution in [-0.4, -0.2) is 41.3 Å². The average Bonchev–Trinajstić information content (AvgIpc) is 2.61. The van der Waals surface area contributed by atoms with Gasteiger partial charge in [0.25, 0.3) is 0 Å². The Morgan fingerprint density at radius 3 is 2.41 bits per heavy atom. The van der Waals surface area contributed by atoms with Crippen molar-refractivity contribution in [3.63, 3.8) is 0 Å². The summed E-state index contributed by atoms with van der Waals surface area (Å²) in [7, 11) is 1.33. The van der Waals surface area contributed by atoms with Crippen molar-refractivity contribution in [2.45, 2.75) is 45.6 Å². The van der Waals surface area contributed by atoms with Crippen LogP contribution in [0.15, 0.2) is 0 Å². The number of methoxy groups -OCH3 is 1. The zero-order valence-corrected chi connectivity index (χ0v) is 10.9. The number of nitrogens with zero attached hydrogens (tertiary/aromatic N) is 1. The van der Waals surface area contributed by atoms with Gasteiger partial charge in [-0.3, -0.25) is 4.79 Å². The van der Waals surface area contributed by atoms with Crippen molar-refractivity contribution in [3.05, 3.63) is 0 Å². The van der Waals surface area contributed by atoms with Gasteiger partial charge in [0.2, 0.25) is 0 Å². The van der Waals surface area contributed by atoms with E-state index >= 15 is 0 Å². The van der Waals surface area contributed by atoms with Gasteiger partial charge in [-0.15, -0.1) is 0 Å².